The Bertz CT molecular complexity index is 1220. The maximum atomic E-state index is 13.1. The number of para-hydroxylation sites is 2. The van der Waals surface area contributed by atoms with Crippen molar-refractivity contribution in [1.29, 1.82) is 0 Å². The van der Waals surface area contributed by atoms with Crippen molar-refractivity contribution in [3.63, 3.8) is 0 Å². The number of thiazole rings is 1. The second-order valence-corrected chi connectivity index (χ2v) is 7.86. The molecule has 1 atom stereocenters. The molecule has 4 rings (SSSR count). The molecule has 2 aromatic carbocycles. The van der Waals surface area contributed by atoms with Gasteiger partial charge in [0.25, 0.3) is 11.8 Å². The molecular formula is C23H18FN3O5S. The Morgan fingerprint density at radius 2 is 1.97 bits per heavy atom. The van der Waals surface area contributed by atoms with E-state index in [-0.39, 0.29) is 12.4 Å². The Hall–Kier alpha value is -4.05. The summed E-state index contributed by atoms with van der Waals surface area (Å²) in [4.78, 5) is 42.0. The molecule has 33 heavy (non-hydrogen) atoms. The summed E-state index contributed by atoms with van der Waals surface area (Å²) >= 11 is 1.35. The SMILES string of the molecule is NC(=O)C1CN(C(=O)COC(=O)/C=C/c2csc(-c3ccc(F)cc3)n2)c2ccccc2O1. The number of halogens is 1. The molecule has 3 aromatic rings. The summed E-state index contributed by atoms with van der Waals surface area (Å²) in [5.74, 6) is -1.95. The van der Waals surface area contributed by atoms with Crippen LogP contribution in [-0.4, -0.2) is 42.0 Å². The molecule has 0 fully saturated rings. The lowest BCUT2D eigenvalue weighted by Gasteiger charge is -2.33. The van der Waals surface area contributed by atoms with E-state index in [1.807, 2.05) is 0 Å². The number of aromatic nitrogens is 1. The molecule has 2 heterocycles. The highest BCUT2D eigenvalue weighted by molar-refractivity contribution is 7.13. The van der Waals surface area contributed by atoms with Crippen molar-refractivity contribution < 1.29 is 28.2 Å². The highest BCUT2D eigenvalue weighted by Gasteiger charge is 2.32. The molecule has 2 N–H and O–H groups in total. The first-order valence-electron chi connectivity index (χ1n) is 9.82. The third kappa shape index (κ3) is 5.24. The smallest absolute Gasteiger partial charge is 0.331 e. The Morgan fingerprint density at radius 1 is 1.21 bits per heavy atom. The predicted octanol–water partition coefficient (Wildman–Crippen LogP) is 2.79. The number of primary amides is 1. The molecule has 1 aliphatic heterocycles. The molecule has 0 saturated carbocycles. The molecular weight excluding hydrogens is 449 g/mol. The van der Waals surface area contributed by atoms with Crippen molar-refractivity contribution >= 4 is 40.9 Å². The van der Waals surface area contributed by atoms with Crippen molar-refractivity contribution in [2.45, 2.75) is 6.10 Å². The van der Waals surface area contributed by atoms with E-state index in [0.717, 1.165) is 11.6 Å². The number of nitrogens with two attached hydrogens (primary N) is 1. The second kappa shape index (κ2) is 9.61. The van der Waals surface area contributed by atoms with Crippen molar-refractivity contribution in [3.05, 3.63) is 71.5 Å². The molecule has 1 unspecified atom stereocenters. The van der Waals surface area contributed by atoms with Crippen LogP contribution in [0.5, 0.6) is 5.75 Å². The minimum absolute atomic E-state index is 0.0798. The number of anilines is 1. The largest absolute Gasteiger partial charge is 0.477 e. The van der Waals surface area contributed by atoms with E-state index in [9.17, 15) is 18.8 Å². The van der Waals surface area contributed by atoms with Crippen LogP contribution in [0, 0.1) is 5.82 Å². The van der Waals surface area contributed by atoms with Gasteiger partial charge in [-0.3, -0.25) is 9.59 Å². The van der Waals surface area contributed by atoms with Gasteiger partial charge in [-0.25, -0.2) is 14.2 Å². The lowest BCUT2D eigenvalue weighted by Crippen LogP contribution is -2.50. The molecule has 0 saturated heterocycles. The molecule has 10 heteroatoms. The fourth-order valence-electron chi connectivity index (χ4n) is 3.12. The summed E-state index contributed by atoms with van der Waals surface area (Å²) in [5, 5.41) is 2.41. The molecule has 1 aliphatic rings. The van der Waals surface area contributed by atoms with Gasteiger partial charge in [-0.15, -0.1) is 11.3 Å². The fourth-order valence-corrected chi connectivity index (χ4v) is 3.91. The van der Waals surface area contributed by atoms with Crippen LogP contribution < -0.4 is 15.4 Å². The van der Waals surface area contributed by atoms with Crippen LogP contribution >= 0.6 is 11.3 Å². The van der Waals surface area contributed by atoms with E-state index in [4.69, 9.17) is 15.2 Å². The zero-order valence-electron chi connectivity index (χ0n) is 17.1. The van der Waals surface area contributed by atoms with Crippen LogP contribution in [0.3, 0.4) is 0 Å². The van der Waals surface area contributed by atoms with E-state index in [0.29, 0.717) is 22.1 Å². The molecule has 1 aromatic heterocycles. The summed E-state index contributed by atoms with van der Waals surface area (Å²) in [6.45, 7) is -0.607. The molecule has 8 nitrogen and oxygen atoms in total. The van der Waals surface area contributed by atoms with Crippen LogP contribution in [0.15, 0.2) is 60.0 Å². The molecule has 168 valence electrons. The average molecular weight is 467 g/mol. The first-order chi connectivity index (χ1) is 15.9. The van der Waals surface area contributed by atoms with Gasteiger partial charge in [0, 0.05) is 17.0 Å². The van der Waals surface area contributed by atoms with Crippen molar-refractivity contribution in [2.75, 3.05) is 18.1 Å². The Morgan fingerprint density at radius 3 is 2.73 bits per heavy atom. The van der Waals surface area contributed by atoms with Crippen LogP contribution in [0.25, 0.3) is 16.6 Å². The Balaban J connectivity index is 1.36. The number of carbonyl (C=O) groups is 3. The zero-order valence-corrected chi connectivity index (χ0v) is 18.0. The highest BCUT2D eigenvalue weighted by atomic mass is 32.1. The van der Waals surface area contributed by atoms with Gasteiger partial charge in [0.05, 0.1) is 17.9 Å². The first-order valence-corrected chi connectivity index (χ1v) is 10.7. The standard InChI is InChI=1S/C23H18FN3O5S/c24-15-7-5-14(6-8-15)23-26-16(13-33-23)9-10-21(29)31-12-20(28)27-11-19(22(25)30)32-18-4-2-1-3-17(18)27/h1-10,13,19H,11-12H2,(H2,25,30)/b10-9+. The van der Waals surface area contributed by atoms with Gasteiger partial charge in [0.2, 0.25) is 0 Å². The summed E-state index contributed by atoms with van der Waals surface area (Å²) in [6.07, 6.45) is 1.62. The molecule has 2 amide bonds. The van der Waals surface area contributed by atoms with E-state index in [2.05, 4.69) is 4.98 Å². The summed E-state index contributed by atoms with van der Waals surface area (Å²) in [6, 6.07) is 12.6. The van der Waals surface area contributed by atoms with Gasteiger partial charge in [0.15, 0.2) is 12.7 Å². The maximum absolute atomic E-state index is 13.1. The quantitative estimate of drug-likeness (QED) is 0.441. The van der Waals surface area contributed by atoms with Crippen LogP contribution in [0.1, 0.15) is 5.69 Å². The number of carbonyl (C=O) groups excluding carboxylic acids is 3. The molecule has 0 spiro atoms. The predicted molar refractivity (Wildman–Crippen MR) is 120 cm³/mol. The maximum Gasteiger partial charge on any atom is 0.331 e. The first kappa shape index (κ1) is 22.2. The second-order valence-electron chi connectivity index (χ2n) is 7.01. The van der Waals surface area contributed by atoms with Crippen molar-refractivity contribution in [3.8, 4) is 16.3 Å². The Kier molecular flexibility index (Phi) is 6.45. The summed E-state index contributed by atoms with van der Waals surface area (Å²) < 4.78 is 23.6. The van der Waals surface area contributed by atoms with E-state index in [1.165, 1.54) is 34.4 Å². The number of fused-ring (bicyclic) bond motifs is 1. The summed E-state index contributed by atoms with van der Waals surface area (Å²) in [5.41, 5.74) is 7.07. The van der Waals surface area contributed by atoms with Gasteiger partial charge >= 0.3 is 5.97 Å². The number of amides is 2. The average Bonchev–Trinajstić information content (AvgIpc) is 3.30. The number of nitrogens with zero attached hydrogens (tertiary/aromatic N) is 2. The Labute approximate surface area is 192 Å². The fraction of sp³-hybridized carbons (Fsp3) is 0.130. The van der Waals surface area contributed by atoms with Gasteiger partial charge in [0.1, 0.15) is 16.6 Å². The minimum atomic E-state index is -1.00. The van der Waals surface area contributed by atoms with E-state index < -0.39 is 30.5 Å². The zero-order chi connectivity index (χ0) is 23.4. The van der Waals surface area contributed by atoms with Crippen LogP contribution in [0.4, 0.5) is 10.1 Å². The van der Waals surface area contributed by atoms with Crippen LogP contribution in [-0.2, 0) is 19.1 Å². The lowest BCUT2D eigenvalue weighted by molar-refractivity contribution is -0.143. The number of hydrogen-bond donors (Lipinski definition) is 1. The normalized spacial score (nSPS) is 15.1. The van der Waals surface area contributed by atoms with E-state index in [1.54, 1.807) is 41.8 Å². The number of hydrogen-bond acceptors (Lipinski definition) is 7. The highest BCUT2D eigenvalue weighted by Crippen LogP contribution is 2.33. The topological polar surface area (TPSA) is 112 Å². The monoisotopic (exact) mass is 467 g/mol. The lowest BCUT2D eigenvalue weighted by atomic mass is 10.2. The molecule has 0 bridgehead atoms. The number of ether oxygens (including phenoxy) is 2. The molecule has 0 aliphatic carbocycles. The minimum Gasteiger partial charge on any atom is -0.477 e. The summed E-state index contributed by atoms with van der Waals surface area (Å²) in [7, 11) is 0. The molecule has 0 radical (unpaired) electrons. The third-order valence-electron chi connectivity index (χ3n) is 4.73. The van der Waals surface area contributed by atoms with E-state index >= 15 is 0 Å². The van der Waals surface area contributed by atoms with Gasteiger partial charge in [-0.1, -0.05) is 12.1 Å². The number of esters is 1. The third-order valence-corrected chi connectivity index (χ3v) is 5.64. The van der Waals surface area contributed by atoms with Gasteiger partial charge in [-0.2, -0.15) is 0 Å². The van der Waals surface area contributed by atoms with Gasteiger partial charge in [-0.05, 0) is 42.5 Å². The number of benzene rings is 2. The van der Waals surface area contributed by atoms with Crippen molar-refractivity contribution in [2.24, 2.45) is 5.73 Å². The van der Waals surface area contributed by atoms with Gasteiger partial charge < -0.3 is 20.1 Å². The number of rotatable bonds is 6. The van der Waals surface area contributed by atoms with Crippen LogP contribution in [0.2, 0.25) is 0 Å². The van der Waals surface area contributed by atoms with Crippen molar-refractivity contribution in [1.82, 2.24) is 4.98 Å².